The molecule has 0 aromatic carbocycles. The van der Waals surface area contributed by atoms with Crippen LogP contribution in [0, 0.1) is 29.6 Å². The van der Waals surface area contributed by atoms with Gasteiger partial charge < -0.3 is 24.1 Å². The van der Waals surface area contributed by atoms with Crippen LogP contribution in [-0.2, 0) is 33.3 Å². The maximum Gasteiger partial charge on any atom is 0.309 e. The third kappa shape index (κ3) is 10.8. The van der Waals surface area contributed by atoms with E-state index < -0.39 is 41.6 Å². The second-order valence-corrected chi connectivity index (χ2v) is 11.5. The number of hydrogen-bond donors (Lipinski definition) is 1. The first-order valence-corrected chi connectivity index (χ1v) is 13.8. The lowest BCUT2D eigenvalue weighted by atomic mass is 9.73. The van der Waals surface area contributed by atoms with Crippen molar-refractivity contribution in [2.45, 2.75) is 111 Å². The van der Waals surface area contributed by atoms with Crippen molar-refractivity contribution in [2.24, 2.45) is 29.6 Å². The Bertz CT molecular complexity index is 706. The second kappa shape index (κ2) is 14.9. The molecular formula is C28H48O8. The van der Waals surface area contributed by atoms with Crippen LogP contribution in [0.3, 0.4) is 0 Å². The quantitative estimate of drug-likeness (QED) is 0.162. The highest BCUT2D eigenvalue weighted by Crippen LogP contribution is 2.38. The Labute approximate surface area is 216 Å². The number of ether oxygens (including phenoxy) is 4. The van der Waals surface area contributed by atoms with E-state index in [-0.39, 0.29) is 19.8 Å². The third-order valence-corrected chi connectivity index (χ3v) is 7.70. The number of esters is 3. The van der Waals surface area contributed by atoms with Crippen molar-refractivity contribution in [1.29, 1.82) is 0 Å². The van der Waals surface area contributed by atoms with Gasteiger partial charge in [0.05, 0.1) is 17.4 Å². The lowest BCUT2D eigenvalue weighted by Gasteiger charge is -2.35. The Morgan fingerprint density at radius 1 is 0.917 bits per heavy atom. The molecule has 208 valence electrons. The topological polar surface area (TPSA) is 108 Å². The van der Waals surface area contributed by atoms with E-state index >= 15 is 0 Å². The Morgan fingerprint density at radius 3 is 2.11 bits per heavy atom. The van der Waals surface area contributed by atoms with Gasteiger partial charge in [0, 0.05) is 6.92 Å². The average molecular weight is 513 g/mol. The summed E-state index contributed by atoms with van der Waals surface area (Å²) in [5.41, 5.74) is -0.534. The summed E-state index contributed by atoms with van der Waals surface area (Å²) in [6, 6.07) is 0. The molecule has 0 radical (unpaired) electrons. The average Bonchev–Trinajstić information content (AvgIpc) is 2.83. The minimum atomic E-state index is -1.23. The van der Waals surface area contributed by atoms with Crippen LogP contribution in [0.5, 0.6) is 0 Å². The van der Waals surface area contributed by atoms with Crippen LogP contribution in [0.4, 0.5) is 0 Å². The van der Waals surface area contributed by atoms with E-state index in [0.29, 0.717) is 18.8 Å². The summed E-state index contributed by atoms with van der Waals surface area (Å²) >= 11 is 0. The molecule has 2 saturated carbocycles. The van der Waals surface area contributed by atoms with E-state index in [1.165, 1.54) is 32.6 Å². The predicted octanol–water partition coefficient (Wildman–Crippen LogP) is 4.80. The van der Waals surface area contributed by atoms with Crippen LogP contribution in [0.2, 0.25) is 0 Å². The molecule has 0 amide bonds. The molecule has 8 heteroatoms. The van der Waals surface area contributed by atoms with E-state index in [4.69, 9.17) is 18.9 Å². The fraction of sp³-hybridized carbons (Fsp3) is 0.893. The van der Waals surface area contributed by atoms with Gasteiger partial charge in [0.2, 0.25) is 0 Å². The highest BCUT2D eigenvalue weighted by Gasteiger charge is 2.38. The minimum absolute atomic E-state index is 0.0127. The molecule has 2 fully saturated rings. The van der Waals surface area contributed by atoms with Gasteiger partial charge in [-0.2, -0.15) is 0 Å². The molecule has 0 bridgehead atoms. The first-order valence-electron chi connectivity index (χ1n) is 13.8. The fourth-order valence-electron chi connectivity index (χ4n) is 5.87. The number of aliphatic hydroxyl groups excluding tert-OH is 1. The van der Waals surface area contributed by atoms with Gasteiger partial charge in [0.1, 0.15) is 19.8 Å². The maximum absolute atomic E-state index is 12.8. The van der Waals surface area contributed by atoms with Crippen molar-refractivity contribution in [1.82, 2.24) is 0 Å². The van der Waals surface area contributed by atoms with Crippen LogP contribution in [-0.4, -0.2) is 54.7 Å². The molecular weight excluding hydrogens is 464 g/mol. The zero-order valence-corrected chi connectivity index (χ0v) is 23.0. The zero-order valence-electron chi connectivity index (χ0n) is 23.0. The van der Waals surface area contributed by atoms with Gasteiger partial charge in [-0.25, -0.2) is 0 Å². The summed E-state index contributed by atoms with van der Waals surface area (Å²) in [6.45, 7) is 9.49. The Balaban J connectivity index is 1.76. The molecule has 6 unspecified atom stereocenters. The van der Waals surface area contributed by atoms with Crippen molar-refractivity contribution in [3.63, 3.8) is 0 Å². The van der Waals surface area contributed by atoms with Gasteiger partial charge in [-0.05, 0) is 76.5 Å². The van der Waals surface area contributed by atoms with E-state index in [0.717, 1.165) is 37.5 Å². The van der Waals surface area contributed by atoms with Gasteiger partial charge in [0.25, 0.3) is 0 Å². The predicted molar refractivity (Wildman–Crippen MR) is 135 cm³/mol. The van der Waals surface area contributed by atoms with E-state index in [9.17, 15) is 19.5 Å². The molecule has 0 heterocycles. The first kappa shape index (κ1) is 30.6. The van der Waals surface area contributed by atoms with Crippen LogP contribution < -0.4 is 0 Å². The highest BCUT2D eigenvalue weighted by atomic mass is 16.6. The smallest absolute Gasteiger partial charge is 0.309 e. The van der Waals surface area contributed by atoms with Gasteiger partial charge in [-0.3, -0.25) is 14.4 Å². The first-order chi connectivity index (χ1) is 17.0. The van der Waals surface area contributed by atoms with Crippen LogP contribution in [0.25, 0.3) is 0 Å². The zero-order chi connectivity index (χ0) is 26.7. The van der Waals surface area contributed by atoms with Crippen LogP contribution >= 0.6 is 0 Å². The van der Waals surface area contributed by atoms with Crippen molar-refractivity contribution in [2.75, 3.05) is 19.8 Å². The number of hydrogen-bond acceptors (Lipinski definition) is 8. The fourth-order valence-corrected chi connectivity index (χ4v) is 5.87. The molecule has 0 aromatic rings. The summed E-state index contributed by atoms with van der Waals surface area (Å²) in [5.74, 6) is -0.387. The largest absolute Gasteiger partial charge is 0.462 e. The number of aliphatic hydroxyl groups is 1. The highest BCUT2D eigenvalue weighted by molar-refractivity contribution is 5.82. The number of carbonyl (C=O) groups is 3. The minimum Gasteiger partial charge on any atom is -0.462 e. The Hall–Kier alpha value is -1.67. The van der Waals surface area contributed by atoms with Crippen molar-refractivity contribution in [3.05, 3.63) is 0 Å². The molecule has 0 aromatic heterocycles. The molecule has 8 nitrogen and oxygen atoms in total. The molecule has 2 aliphatic carbocycles. The third-order valence-electron chi connectivity index (χ3n) is 7.70. The molecule has 0 spiro atoms. The van der Waals surface area contributed by atoms with E-state index in [1.54, 1.807) is 0 Å². The molecule has 1 N–H and O–H groups in total. The summed E-state index contributed by atoms with van der Waals surface area (Å²) in [6.07, 6.45) is 8.46. The molecule has 6 atom stereocenters. The monoisotopic (exact) mass is 512 g/mol. The summed E-state index contributed by atoms with van der Waals surface area (Å²) in [7, 11) is 0. The van der Waals surface area contributed by atoms with Crippen LogP contribution in [0.15, 0.2) is 0 Å². The normalized spacial score (nSPS) is 27.7. The maximum atomic E-state index is 12.8. The summed E-state index contributed by atoms with van der Waals surface area (Å²) in [4.78, 5) is 36.1. The molecule has 0 aliphatic heterocycles. The van der Waals surface area contributed by atoms with Crippen molar-refractivity contribution < 1.29 is 38.4 Å². The summed E-state index contributed by atoms with van der Waals surface area (Å²) < 4.78 is 21.2. The van der Waals surface area contributed by atoms with Crippen molar-refractivity contribution >= 4 is 17.9 Å². The Morgan fingerprint density at radius 2 is 1.50 bits per heavy atom. The van der Waals surface area contributed by atoms with Crippen LogP contribution in [0.1, 0.15) is 98.8 Å². The SMILES string of the molecule is CCC1CC(C)CC(CCC(C)(C)OC(O)COC(=O)C2CCCCC2C(=O)OCCOC(C)=O)C1. The van der Waals surface area contributed by atoms with E-state index in [2.05, 4.69) is 13.8 Å². The number of carbonyl (C=O) groups excluding carboxylic acids is 3. The van der Waals surface area contributed by atoms with E-state index in [1.807, 2.05) is 13.8 Å². The van der Waals surface area contributed by atoms with Gasteiger partial charge in [-0.15, -0.1) is 0 Å². The molecule has 0 saturated heterocycles. The number of rotatable bonds is 13. The molecule has 36 heavy (non-hydrogen) atoms. The molecule has 2 rings (SSSR count). The van der Waals surface area contributed by atoms with Crippen molar-refractivity contribution in [3.8, 4) is 0 Å². The van der Waals surface area contributed by atoms with Gasteiger partial charge >= 0.3 is 17.9 Å². The standard InChI is InChI=1S/C28H48O8/c1-6-21-15-19(2)16-22(17-21)11-12-28(4,5)36-25(30)18-35-27(32)24-10-8-7-9-23(24)26(31)34-14-13-33-20(3)29/h19,21-25,30H,6-18H2,1-5H3. The molecule has 2 aliphatic rings. The lowest BCUT2D eigenvalue weighted by Crippen LogP contribution is -2.38. The lowest BCUT2D eigenvalue weighted by molar-refractivity contribution is -0.205. The Kier molecular flexibility index (Phi) is 12.7. The summed E-state index contributed by atoms with van der Waals surface area (Å²) in [5, 5.41) is 10.4. The van der Waals surface area contributed by atoms with Gasteiger partial charge in [0.15, 0.2) is 6.29 Å². The second-order valence-electron chi connectivity index (χ2n) is 11.5. The van der Waals surface area contributed by atoms with Gasteiger partial charge in [-0.1, -0.05) is 33.1 Å².